The van der Waals surface area contributed by atoms with Crippen LogP contribution in [0.15, 0.2) is 78.9 Å². The van der Waals surface area contributed by atoms with E-state index in [1.54, 1.807) is 18.2 Å². The largest absolute Gasteiger partial charge is 1.00 e. The number of benzene rings is 3. The number of hydrogen-bond acceptors (Lipinski definition) is 2. The fourth-order valence-electron chi connectivity index (χ4n) is 2.23. The summed E-state index contributed by atoms with van der Waals surface area (Å²) in [6.45, 7) is 2.41. The number of aryl methyl sites for hydroxylation is 1. The number of carbonyl (C=O) groups excluding carboxylic acids is 1. The van der Waals surface area contributed by atoms with Crippen LogP contribution in [-0.2, 0) is 6.54 Å². The summed E-state index contributed by atoms with van der Waals surface area (Å²) in [6, 6.07) is 24.4. The van der Waals surface area contributed by atoms with Crippen molar-refractivity contribution in [2.24, 2.45) is 5.84 Å². The number of hydrogen-bond donors (Lipinski definition) is 1. The van der Waals surface area contributed by atoms with E-state index in [1.165, 1.54) is 5.56 Å². The fourth-order valence-corrected chi connectivity index (χ4v) is 2.76. The van der Waals surface area contributed by atoms with E-state index in [9.17, 15) is 4.79 Å². The predicted molar refractivity (Wildman–Crippen MR) is 120 cm³/mol. The molecular weight excluding hydrogens is 442 g/mol. The van der Waals surface area contributed by atoms with Crippen LogP contribution in [-0.4, -0.2) is 16.4 Å². The Bertz CT molecular complexity index is 839. The molecule has 0 heterocycles. The van der Waals surface area contributed by atoms with Crippen molar-refractivity contribution in [2.75, 3.05) is 0 Å². The van der Waals surface area contributed by atoms with Crippen molar-refractivity contribution in [3.63, 3.8) is 0 Å². The summed E-state index contributed by atoms with van der Waals surface area (Å²) in [5.74, 6) is 5.45. The normalized spacial score (nSPS) is 8.83. The summed E-state index contributed by atoms with van der Waals surface area (Å²) in [4.78, 5) is 12.1. The SMILES string of the molecule is Cc1ccccc1.Cl.NN(Cc1ccccc1)C(=O)c1cc(Cl)cc(Cl)c1.O.[H-].[Na+]. The number of amides is 1. The third kappa shape index (κ3) is 11.0. The molecule has 4 N–H and O–H groups in total. The van der Waals surface area contributed by atoms with Crippen molar-refractivity contribution in [3.05, 3.63) is 106 Å². The topological polar surface area (TPSA) is 77.8 Å². The van der Waals surface area contributed by atoms with Crippen molar-refractivity contribution >= 4 is 41.5 Å². The van der Waals surface area contributed by atoms with Gasteiger partial charge in [-0.1, -0.05) is 89.4 Å². The van der Waals surface area contributed by atoms with Gasteiger partial charge in [-0.25, -0.2) is 5.84 Å². The van der Waals surface area contributed by atoms with Crippen molar-refractivity contribution < 1.29 is 41.3 Å². The molecule has 0 radical (unpaired) electrons. The monoisotopic (exact) mass is 464 g/mol. The zero-order valence-electron chi connectivity index (χ0n) is 17.3. The Morgan fingerprint density at radius 3 is 1.79 bits per heavy atom. The van der Waals surface area contributed by atoms with Gasteiger partial charge in [0.25, 0.3) is 5.91 Å². The first-order valence-corrected chi connectivity index (χ1v) is 8.79. The van der Waals surface area contributed by atoms with Crippen molar-refractivity contribution in [1.29, 1.82) is 0 Å². The summed E-state index contributed by atoms with van der Waals surface area (Å²) in [5.41, 5.74) is 2.64. The van der Waals surface area contributed by atoms with Crippen LogP contribution >= 0.6 is 35.6 Å². The molecule has 3 aromatic rings. The standard InChI is InChI=1S/C14H12Cl2N2O.C7H8.ClH.Na.H2O.H/c15-12-6-11(7-13(16)8-12)14(19)18(17)9-10-4-2-1-3-5-10;1-7-5-3-2-4-6-7;;;;/h1-8H,9,17H2;2-6H,1H3;1H;;1H2;/q;;;+1;;-1. The maximum absolute atomic E-state index is 12.1. The van der Waals surface area contributed by atoms with Crippen LogP contribution in [0.4, 0.5) is 0 Å². The molecule has 0 fully saturated rings. The fraction of sp³-hybridized carbons (Fsp3) is 0.0952. The van der Waals surface area contributed by atoms with Crippen LogP contribution in [0.1, 0.15) is 22.9 Å². The van der Waals surface area contributed by atoms with Crippen LogP contribution in [0.2, 0.25) is 10.0 Å². The number of hydrazine groups is 1. The molecule has 3 rings (SSSR count). The molecule has 0 atom stereocenters. The Balaban J connectivity index is -0.000000573. The van der Waals surface area contributed by atoms with E-state index < -0.39 is 0 Å². The molecule has 0 spiro atoms. The van der Waals surface area contributed by atoms with E-state index in [-0.39, 0.29) is 54.8 Å². The number of halogens is 3. The average molecular weight is 466 g/mol. The second kappa shape index (κ2) is 15.7. The molecule has 0 aromatic heterocycles. The Morgan fingerprint density at radius 2 is 1.38 bits per heavy atom. The first-order chi connectivity index (χ1) is 12.5. The second-order valence-corrected chi connectivity index (χ2v) is 6.60. The summed E-state index contributed by atoms with van der Waals surface area (Å²) in [7, 11) is 0. The molecule has 0 saturated heterocycles. The van der Waals surface area contributed by atoms with Gasteiger partial charge in [0.2, 0.25) is 0 Å². The van der Waals surface area contributed by atoms with Crippen molar-refractivity contribution in [1.82, 2.24) is 5.01 Å². The Labute approximate surface area is 211 Å². The van der Waals surface area contributed by atoms with Gasteiger partial charge in [0.05, 0.1) is 6.54 Å². The minimum absolute atomic E-state index is 0. The zero-order chi connectivity index (χ0) is 18.9. The Hall–Kier alpha value is -1.08. The first-order valence-electron chi connectivity index (χ1n) is 8.04. The molecule has 0 bridgehead atoms. The van der Waals surface area contributed by atoms with Crippen molar-refractivity contribution in [2.45, 2.75) is 13.5 Å². The van der Waals surface area contributed by atoms with Gasteiger partial charge >= 0.3 is 29.6 Å². The third-order valence-corrected chi connectivity index (χ3v) is 3.94. The molecule has 1 amide bonds. The smallest absolute Gasteiger partial charge is 1.00 e. The Kier molecular flexibility index (Phi) is 16.3. The number of nitrogens with two attached hydrogens (primary N) is 1. The molecule has 152 valence electrons. The van der Waals surface area contributed by atoms with Crippen LogP contribution < -0.4 is 35.4 Å². The maximum Gasteiger partial charge on any atom is 1.00 e. The molecule has 0 saturated carbocycles. The molecule has 8 heteroatoms. The maximum atomic E-state index is 12.1. The summed E-state index contributed by atoms with van der Waals surface area (Å²) in [6.07, 6.45) is 0. The quantitative estimate of drug-likeness (QED) is 0.279. The first kappa shape index (κ1) is 30.1. The van der Waals surface area contributed by atoms with Crippen LogP contribution in [0.25, 0.3) is 0 Å². The molecular formula is C21H24Cl3N2NaO2. The molecule has 0 aliphatic heterocycles. The summed E-state index contributed by atoms with van der Waals surface area (Å²) in [5, 5.41) is 1.95. The predicted octanol–water partition coefficient (Wildman–Crippen LogP) is 2.22. The van der Waals surface area contributed by atoms with Crippen LogP contribution in [0, 0.1) is 6.92 Å². The van der Waals surface area contributed by atoms with E-state index in [1.807, 2.05) is 48.5 Å². The van der Waals surface area contributed by atoms with E-state index >= 15 is 0 Å². The molecule has 0 aliphatic carbocycles. The van der Waals surface area contributed by atoms with Gasteiger partial charge in [0.1, 0.15) is 0 Å². The van der Waals surface area contributed by atoms with Gasteiger partial charge in [-0.2, -0.15) is 0 Å². The van der Waals surface area contributed by atoms with E-state index in [2.05, 4.69) is 19.1 Å². The molecule has 0 aliphatic rings. The molecule has 4 nitrogen and oxygen atoms in total. The second-order valence-electron chi connectivity index (χ2n) is 5.73. The van der Waals surface area contributed by atoms with Gasteiger partial charge < -0.3 is 6.90 Å². The average Bonchev–Trinajstić information content (AvgIpc) is 2.62. The minimum Gasteiger partial charge on any atom is -1.00 e. The summed E-state index contributed by atoms with van der Waals surface area (Å²) < 4.78 is 0. The van der Waals surface area contributed by atoms with E-state index in [4.69, 9.17) is 29.0 Å². The number of carbonyl (C=O) groups is 1. The van der Waals surface area contributed by atoms with Gasteiger partial charge in [0, 0.05) is 15.6 Å². The van der Waals surface area contributed by atoms with Gasteiger partial charge in [-0.05, 0) is 30.7 Å². The molecule has 3 aromatic carbocycles. The van der Waals surface area contributed by atoms with Crippen LogP contribution in [0.5, 0.6) is 0 Å². The zero-order valence-corrected chi connectivity index (χ0v) is 20.6. The minimum atomic E-state index is -0.326. The van der Waals surface area contributed by atoms with Crippen molar-refractivity contribution in [3.8, 4) is 0 Å². The van der Waals surface area contributed by atoms with Crippen LogP contribution in [0.3, 0.4) is 0 Å². The molecule has 0 unspecified atom stereocenters. The summed E-state index contributed by atoms with van der Waals surface area (Å²) >= 11 is 11.7. The Morgan fingerprint density at radius 1 is 0.931 bits per heavy atom. The third-order valence-electron chi connectivity index (χ3n) is 3.51. The number of rotatable bonds is 3. The van der Waals surface area contributed by atoms with Gasteiger partial charge in [0.15, 0.2) is 0 Å². The van der Waals surface area contributed by atoms with E-state index in [0.29, 0.717) is 22.2 Å². The van der Waals surface area contributed by atoms with Gasteiger partial charge in [-0.15, -0.1) is 12.4 Å². The molecule has 29 heavy (non-hydrogen) atoms. The number of nitrogens with zero attached hydrogens (tertiary/aromatic N) is 1. The van der Waals surface area contributed by atoms with Gasteiger partial charge in [-0.3, -0.25) is 9.80 Å². The van der Waals surface area contributed by atoms with E-state index in [0.717, 1.165) is 10.6 Å².